The van der Waals surface area contributed by atoms with Gasteiger partial charge in [-0.3, -0.25) is 4.99 Å². The summed E-state index contributed by atoms with van der Waals surface area (Å²) in [7, 11) is 0. The molecule has 0 fully saturated rings. The Bertz CT molecular complexity index is 492. The van der Waals surface area contributed by atoms with Crippen LogP contribution in [0.1, 0.15) is 6.42 Å². The SMILES string of the molecule is C#CCCN=C(N)Nc1cccc(OC(F)(F)F)c1. The predicted octanol–water partition coefficient (Wildman–Crippen LogP) is 2.34. The molecule has 0 saturated heterocycles. The number of terminal acetylenes is 1. The van der Waals surface area contributed by atoms with E-state index < -0.39 is 6.36 Å². The lowest BCUT2D eigenvalue weighted by Crippen LogP contribution is -2.23. The van der Waals surface area contributed by atoms with E-state index in [0.717, 1.165) is 6.07 Å². The van der Waals surface area contributed by atoms with E-state index in [0.29, 0.717) is 18.7 Å². The largest absolute Gasteiger partial charge is 0.573 e. The highest BCUT2D eigenvalue weighted by atomic mass is 19.4. The fourth-order valence-electron chi connectivity index (χ4n) is 1.20. The number of benzene rings is 1. The molecule has 0 aliphatic carbocycles. The van der Waals surface area contributed by atoms with Crippen LogP contribution in [-0.2, 0) is 0 Å². The standard InChI is InChI=1S/C12H12F3N3O/c1-2-3-7-17-11(16)18-9-5-4-6-10(8-9)19-12(13,14)15/h1,4-6,8H,3,7H2,(H3,16,17,18). The van der Waals surface area contributed by atoms with E-state index in [4.69, 9.17) is 12.2 Å². The Morgan fingerprint density at radius 1 is 1.47 bits per heavy atom. The van der Waals surface area contributed by atoms with Gasteiger partial charge in [-0.2, -0.15) is 0 Å². The minimum Gasteiger partial charge on any atom is -0.406 e. The first-order valence-electron chi connectivity index (χ1n) is 5.27. The van der Waals surface area contributed by atoms with Crippen LogP contribution < -0.4 is 15.8 Å². The van der Waals surface area contributed by atoms with Crippen molar-refractivity contribution in [2.45, 2.75) is 12.8 Å². The second-order valence-electron chi connectivity index (χ2n) is 3.42. The number of nitrogens with one attached hydrogen (secondary N) is 1. The van der Waals surface area contributed by atoms with Gasteiger partial charge in [-0.1, -0.05) is 6.07 Å². The molecule has 0 bridgehead atoms. The minimum absolute atomic E-state index is 0.0689. The fourth-order valence-corrected chi connectivity index (χ4v) is 1.20. The highest BCUT2D eigenvalue weighted by molar-refractivity contribution is 5.92. The van der Waals surface area contributed by atoms with Gasteiger partial charge in [0.15, 0.2) is 5.96 Å². The number of nitrogens with two attached hydrogens (primary N) is 1. The van der Waals surface area contributed by atoms with Crippen molar-refractivity contribution in [1.82, 2.24) is 0 Å². The summed E-state index contributed by atoms with van der Waals surface area (Å²) in [5.74, 6) is 2.12. The van der Waals surface area contributed by atoms with Crippen LogP contribution in [0.4, 0.5) is 18.9 Å². The lowest BCUT2D eigenvalue weighted by atomic mass is 10.3. The summed E-state index contributed by atoms with van der Waals surface area (Å²) in [5.41, 5.74) is 5.87. The van der Waals surface area contributed by atoms with Crippen LogP contribution in [-0.4, -0.2) is 18.9 Å². The van der Waals surface area contributed by atoms with Crippen molar-refractivity contribution >= 4 is 11.6 Å². The molecule has 19 heavy (non-hydrogen) atoms. The monoisotopic (exact) mass is 271 g/mol. The number of anilines is 1. The normalized spacial score (nSPS) is 11.8. The van der Waals surface area contributed by atoms with E-state index in [2.05, 4.69) is 21.0 Å². The molecular formula is C12H12F3N3O. The Balaban J connectivity index is 2.67. The third-order valence-corrected chi connectivity index (χ3v) is 1.88. The summed E-state index contributed by atoms with van der Waals surface area (Å²) in [5, 5.41) is 2.64. The van der Waals surface area contributed by atoms with Crippen LogP contribution in [0.25, 0.3) is 0 Å². The third-order valence-electron chi connectivity index (χ3n) is 1.88. The number of guanidine groups is 1. The van der Waals surface area contributed by atoms with Gasteiger partial charge < -0.3 is 15.8 Å². The number of rotatable bonds is 4. The average Bonchev–Trinajstić information content (AvgIpc) is 2.27. The Morgan fingerprint density at radius 3 is 2.84 bits per heavy atom. The molecule has 0 aliphatic rings. The summed E-state index contributed by atoms with van der Waals surface area (Å²) in [4.78, 5) is 3.89. The number of aliphatic imine (C=N–C) groups is 1. The Kier molecular flexibility index (Phi) is 5.06. The quantitative estimate of drug-likeness (QED) is 0.382. The molecule has 1 aromatic rings. The van der Waals surface area contributed by atoms with Crippen LogP contribution in [0.5, 0.6) is 5.75 Å². The van der Waals surface area contributed by atoms with Crippen molar-refractivity contribution < 1.29 is 17.9 Å². The van der Waals surface area contributed by atoms with Crippen molar-refractivity contribution in [2.24, 2.45) is 10.7 Å². The number of halogens is 3. The van der Waals surface area contributed by atoms with Crippen LogP contribution >= 0.6 is 0 Å². The fraction of sp³-hybridized carbons (Fsp3) is 0.250. The molecule has 4 nitrogen and oxygen atoms in total. The zero-order valence-electron chi connectivity index (χ0n) is 9.87. The van der Waals surface area contributed by atoms with Crippen molar-refractivity contribution in [3.05, 3.63) is 24.3 Å². The van der Waals surface area contributed by atoms with Gasteiger partial charge in [-0.05, 0) is 12.1 Å². The van der Waals surface area contributed by atoms with E-state index in [1.165, 1.54) is 18.2 Å². The molecule has 0 aliphatic heterocycles. The molecule has 1 aromatic carbocycles. The predicted molar refractivity (Wildman–Crippen MR) is 66.7 cm³/mol. The van der Waals surface area contributed by atoms with Crippen molar-refractivity contribution in [3.8, 4) is 18.1 Å². The molecule has 0 amide bonds. The summed E-state index contributed by atoms with van der Waals surface area (Å²) in [6.07, 6.45) is 0.741. The summed E-state index contributed by atoms with van der Waals surface area (Å²) in [6.45, 7) is 0.341. The van der Waals surface area contributed by atoms with Gasteiger partial charge in [0.2, 0.25) is 0 Å². The zero-order chi connectivity index (χ0) is 14.3. The first-order chi connectivity index (χ1) is 8.90. The number of ether oxygens (including phenoxy) is 1. The van der Waals surface area contributed by atoms with Crippen LogP contribution in [0, 0.1) is 12.3 Å². The van der Waals surface area contributed by atoms with Crippen LogP contribution in [0.15, 0.2) is 29.3 Å². The van der Waals surface area contributed by atoms with Gasteiger partial charge in [0, 0.05) is 18.2 Å². The van der Waals surface area contributed by atoms with E-state index in [9.17, 15) is 13.2 Å². The van der Waals surface area contributed by atoms with Crippen LogP contribution in [0.2, 0.25) is 0 Å². The maximum absolute atomic E-state index is 12.0. The van der Waals surface area contributed by atoms with Crippen molar-refractivity contribution in [3.63, 3.8) is 0 Å². The van der Waals surface area contributed by atoms with E-state index in [1.807, 2.05) is 0 Å². The second kappa shape index (κ2) is 6.54. The van der Waals surface area contributed by atoms with Gasteiger partial charge in [0.1, 0.15) is 5.75 Å². The molecule has 0 unspecified atom stereocenters. The molecular weight excluding hydrogens is 259 g/mol. The maximum atomic E-state index is 12.0. The molecule has 7 heteroatoms. The Hall–Kier alpha value is -2.36. The third kappa shape index (κ3) is 6.21. The van der Waals surface area contributed by atoms with Gasteiger partial charge >= 0.3 is 6.36 Å². The second-order valence-corrected chi connectivity index (χ2v) is 3.42. The van der Waals surface area contributed by atoms with Crippen molar-refractivity contribution in [1.29, 1.82) is 0 Å². The molecule has 0 saturated carbocycles. The highest BCUT2D eigenvalue weighted by Crippen LogP contribution is 2.24. The topological polar surface area (TPSA) is 59.6 Å². The number of hydrogen-bond acceptors (Lipinski definition) is 2. The smallest absolute Gasteiger partial charge is 0.406 e. The van der Waals surface area contributed by atoms with Crippen LogP contribution in [0.3, 0.4) is 0 Å². The van der Waals surface area contributed by atoms with Crippen molar-refractivity contribution in [2.75, 3.05) is 11.9 Å². The Morgan fingerprint density at radius 2 is 2.21 bits per heavy atom. The molecule has 0 spiro atoms. The van der Waals surface area contributed by atoms with Gasteiger partial charge in [-0.15, -0.1) is 25.5 Å². The van der Waals surface area contributed by atoms with Gasteiger partial charge in [0.05, 0.1) is 6.54 Å². The molecule has 102 valence electrons. The molecule has 1 rings (SSSR count). The summed E-state index contributed by atoms with van der Waals surface area (Å²) < 4.78 is 39.9. The molecule has 0 heterocycles. The van der Waals surface area contributed by atoms with E-state index >= 15 is 0 Å². The number of hydrogen-bond donors (Lipinski definition) is 2. The zero-order valence-corrected chi connectivity index (χ0v) is 9.87. The number of alkyl halides is 3. The lowest BCUT2D eigenvalue weighted by Gasteiger charge is -2.10. The average molecular weight is 271 g/mol. The van der Waals surface area contributed by atoms with Gasteiger partial charge in [-0.25, -0.2) is 0 Å². The number of nitrogens with zero attached hydrogens (tertiary/aromatic N) is 1. The molecule has 0 radical (unpaired) electrons. The highest BCUT2D eigenvalue weighted by Gasteiger charge is 2.31. The Labute approximate surface area is 108 Å². The van der Waals surface area contributed by atoms with E-state index in [-0.39, 0.29) is 11.7 Å². The first kappa shape index (κ1) is 14.7. The van der Waals surface area contributed by atoms with E-state index in [1.54, 1.807) is 0 Å². The first-order valence-corrected chi connectivity index (χ1v) is 5.27. The lowest BCUT2D eigenvalue weighted by molar-refractivity contribution is -0.274. The van der Waals surface area contributed by atoms with Gasteiger partial charge in [0.25, 0.3) is 0 Å². The summed E-state index contributed by atoms with van der Waals surface area (Å²) in [6, 6.07) is 5.28. The maximum Gasteiger partial charge on any atom is 0.573 e. The molecule has 0 aromatic heterocycles. The summed E-state index contributed by atoms with van der Waals surface area (Å²) >= 11 is 0. The minimum atomic E-state index is -4.73. The molecule has 0 atom stereocenters. The molecule has 3 N–H and O–H groups in total.